The Hall–Kier alpha value is -1.55. The molecule has 0 aliphatic carbocycles. The predicted octanol–water partition coefficient (Wildman–Crippen LogP) is 3.02. The molecule has 1 N–H and O–H groups in total. The number of piperidine rings is 1. The van der Waals surface area contributed by atoms with Gasteiger partial charge in [0.1, 0.15) is 0 Å². The van der Waals surface area contributed by atoms with E-state index in [0.717, 1.165) is 31.9 Å². The largest absolute Gasteiger partial charge is 0.323 e. The maximum absolute atomic E-state index is 12.5. The minimum absolute atomic E-state index is 0.0523. The van der Waals surface area contributed by atoms with E-state index in [4.69, 9.17) is 0 Å². The van der Waals surface area contributed by atoms with E-state index >= 15 is 0 Å². The number of carbonyl (C=O) groups excluding carboxylic acids is 1. The maximum atomic E-state index is 12.5. The average molecular weight is 287 g/mol. The zero-order valence-electron chi connectivity index (χ0n) is 12.8. The molecular weight excluding hydrogens is 262 g/mol. The summed E-state index contributed by atoms with van der Waals surface area (Å²) in [4.78, 5) is 17.1. The summed E-state index contributed by atoms with van der Waals surface area (Å²) in [5, 5.41) is 3.02. The van der Waals surface area contributed by atoms with E-state index in [-0.39, 0.29) is 6.03 Å². The van der Waals surface area contributed by atoms with Crippen LogP contribution in [0.2, 0.25) is 0 Å². The van der Waals surface area contributed by atoms with Crippen molar-refractivity contribution in [2.24, 2.45) is 5.92 Å². The SMILES string of the molecule is CCCN1C[C@@H]2CC[C@H]1CN(C(=O)Nc1ccccc1)C2. The Balaban J connectivity index is 1.65. The number of carbonyl (C=O) groups is 1. The van der Waals surface area contributed by atoms with Crippen molar-refractivity contribution >= 4 is 11.7 Å². The fourth-order valence-electron chi connectivity index (χ4n) is 3.63. The van der Waals surface area contributed by atoms with Gasteiger partial charge in [0.05, 0.1) is 0 Å². The second kappa shape index (κ2) is 6.48. The van der Waals surface area contributed by atoms with Gasteiger partial charge in [0, 0.05) is 31.4 Å². The van der Waals surface area contributed by atoms with Crippen molar-refractivity contribution in [2.45, 2.75) is 32.2 Å². The summed E-state index contributed by atoms with van der Waals surface area (Å²) < 4.78 is 0. The molecule has 3 aliphatic heterocycles. The van der Waals surface area contributed by atoms with Crippen LogP contribution in [0, 0.1) is 5.92 Å². The molecule has 1 aromatic carbocycles. The maximum Gasteiger partial charge on any atom is 0.321 e. The van der Waals surface area contributed by atoms with E-state index < -0.39 is 0 Å². The second-order valence-electron chi connectivity index (χ2n) is 6.29. The number of anilines is 1. The van der Waals surface area contributed by atoms with Crippen molar-refractivity contribution in [1.29, 1.82) is 0 Å². The Morgan fingerprint density at radius 1 is 1.19 bits per heavy atom. The Morgan fingerprint density at radius 3 is 2.76 bits per heavy atom. The summed E-state index contributed by atoms with van der Waals surface area (Å²) >= 11 is 0. The van der Waals surface area contributed by atoms with Gasteiger partial charge in [-0.3, -0.25) is 4.90 Å². The number of nitrogens with one attached hydrogen (secondary N) is 1. The molecule has 3 fully saturated rings. The Morgan fingerprint density at radius 2 is 2.00 bits per heavy atom. The molecule has 4 nitrogen and oxygen atoms in total. The molecule has 3 saturated heterocycles. The van der Waals surface area contributed by atoms with Crippen molar-refractivity contribution < 1.29 is 4.79 Å². The lowest BCUT2D eigenvalue weighted by molar-refractivity contribution is 0.132. The van der Waals surface area contributed by atoms with E-state index in [9.17, 15) is 4.79 Å². The second-order valence-corrected chi connectivity index (χ2v) is 6.29. The number of rotatable bonds is 3. The van der Waals surface area contributed by atoms with Crippen LogP contribution in [0.5, 0.6) is 0 Å². The van der Waals surface area contributed by atoms with Crippen LogP contribution in [0.25, 0.3) is 0 Å². The van der Waals surface area contributed by atoms with Crippen LogP contribution in [-0.2, 0) is 0 Å². The molecule has 0 spiro atoms. The molecule has 114 valence electrons. The summed E-state index contributed by atoms with van der Waals surface area (Å²) in [6, 6.07) is 10.3. The first kappa shape index (κ1) is 14.4. The highest BCUT2D eigenvalue weighted by atomic mass is 16.2. The van der Waals surface area contributed by atoms with Gasteiger partial charge in [-0.2, -0.15) is 0 Å². The molecule has 4 heteroatoms. The van der Waals surface area contributed by atoms with Gasteiger partial charge in [-0.1, -0.05) is 25.1 Å². The van der Waals surface area contributed by atoms with Gasteiger partial charge >= 0.3 is 6.03 Å². The van der Waals surface area contributed by atoms with Crippen LogP contribution in [-0.4, -0.2) is 48.1 Å². The fourth-order valence-corrected chi connectivity index (χ4v) is 3.63. The topological polar surface area (TPSA) is 35.6 Å². The monoisotopic (exact) mass is 287 g/mol. The molecule has 3 aliphatic rings. The fraction of sp³-hybridized carbons (Fsp3) is 0.588. The molecular formula is C17H25N3O. The lowest BCUT2D eigenvalue weighted by Crippen LogP contribution is -2.45. The molecule has 1 aromatic rings. The van der Waals surface area contributed by atoms with Crippen LogP contribution in [0.3, 0.4) is 0 Å². The van der Waals surface area contributed by atoms with Crippen LogP contribution in [0.4, 0.5) is 10.5 Å². The van der Waals surface area contributed by atoms with E-state index in [0.29, 0.717) is 12.0 Å². The molecule has 0 unspecified atom stereocenters. The highest BCUT2D eigenvalue weighted by molar-refractivity contribution is 5.89. The third-order valence-corrected chi connectivity index (χ3v) is 4.65. The third-order valence-electron chi connectivity index (χ3n) is 4.65. The van der Waals surface area contributed by atoms with Crippen LogP contribution in [0.1, 0.15) is 26.2 Å². The normalized spacial score (nSPS) is 25.7. The molecule has 0 radical (unpaired) electrons. The van der Waals surface area contributed by atoms with Crippen LogP contribution >= 0.6 is 0 Å². The van der Waals surface area contributed by atoms with E-state index in [1.54, 1.807) is 0 Å². The van der Waals surface area contributed by atoms with Crippen molar-refractivity contribution in [2.75, 3.05) is 31.5 Å². The number of hydrogen-bond donors (Lipinski definition) is 1. The number of nitrogens with zero attached hydrogens (tertiary/aromatic N) is 2. The lowest BCUT2D eigenvalue weighted by Gasteiger charge is -2.35. The highest BCUT2D eigenvalue weighted by Crippen LogP contribution is 2.28. The molecule has 0 saturated carbocycles. The summed E-state index contributed by atoms with van der Waals surface area (Å²) in [7, 11) is 0. The number of amides is 2. The number of hydrogen-bond acceptors (Lipinski definition) is 2. The third kappa shape index (κ3) is 3.38. The van der Waals surface area contributed by atoms with Gasteiger partial charge in [0.2, 0.25) is 0 Å². The van der Waals surface area contributed by atoms with Gasteiger partial charge < -0.3 is 10.2 Å². The van der Waals surface area contributed by atoms with Gasteiger partial charge in [-0.15, -0.1) is 0 Å². The smallest absolute Gasteiger partial charge is 0.321 e. The van der Waals surface area contributed by atoms with Gasteiger partial charge in [-0.05, 0) is 43.9 Å². The number of para-hydroxylation sites is 1. The van der Waals surface area contributed by atoms with Gasteiger partial charge in [-0.25, -0.2) is 4.79 Å². The first-order chi connectivity index (χ1) is 10.3. The minimum Gasteiger partial charge on any atom is -0.323 e. The van der Waals surface area contributed by atoms with Crippen molar-refractivity contribution in [3.05, 3.63) is 30.3 Å². The van der Waals surface area contributed by atoms with E-state index in [1.807, 2.05) is 35.2 Å². The Labute approximate surface area is 127 Å². The zero-order chi connectivity index (χ0) is 14.7. The Kier molecular flexibility index (Phi) is 4.44. The molecule has 3 heterocycles. The molecule has 4 rings (SSSR count). The van der Waals surface area contributed by atoms with Gasteiger partial charge in [0.15, 0.2) is 0 Å². The van der Waals surface area contributed by atoms with Crippen molar-refractivity contribution in [3.63, 3.8) is 0 Å². The molecule has 2 atom stereocenters. The molecule has 2 amide bonds. The quantitative estimate of drug-likeness (QED) is 0.927. The minimum atomic E-state index is 0.0523. The van der Waals surface area contributed by atoms with Gasteiger partial charge in [0.25, 0.3) is 0 Å². The first-order valence-electron chi connectivity index (χ1n) is 8.11. The summed E-state index contributed by atoms with van der Waals surface area (Å²) in [6.45, 7) is 6.33. The standard InChI is InChI=1S/C17H25N3O/c1-2-10-19-11-14-8-9-16(19)13-20(12-14)17(21)18-15-6-4-3-5-7-15/h3-7,14,16H,2,8-13H2,1H3,(H,18,21)/t14-,16-/m0/s1. The molecule has 2 bridgehead atoms. The average Bonchev–Trinajstić information content (AvgIpc) is 2.80. The molecule has 0 aromatic heterocycles. The van der Waals surface area contributed by atoms with Crippen molar-refractivity contribution in [1.82, 2.24) is 9.80 Å². The highest BCUT2D eigenvalue weighted by Gasteiger charge is 2.35. The van der Waals surface area contributed by atoms with Crippen molar-refractivity contribution in [3.8, 4) is 0 Å². The lowest BCUT2D eigenvalue weighted by atomic mass is 9.95. The van der Waals surface area contributed by atoms with E-state index in [1.165, 1.54) is 19.3 Å². The van der Waals surface area contributed by atoms with Crippen LogP contribution < -0.4 is 5.32 Å². The number of benzene rings is 1. The molecule has 21 heavy (non-hydrogen) atoms. The Bertz CT molecular complexity index is 476. The predicted molar refractivity (Wildman–Crippen MR) is 85.4 cm³/mol. The first-order valence-corrected chi connectivity index (χ1v) is 8.11. The summed E-state index contributed by atoms with van der Waals surface area (Å²) in [5.41, 5.74) is 0.879. The number of fused-ring (bicyclic) bond motifs is 4. The zero-order valence-corrected chi connectivity index (χ0v) is 12.8. The summed E-state index contributed by atoms with van der Waals surface area (Å²) in [5.74, 6) is 0.636. The number of urea groups is 1. The summed E-state index contributed by atoms with van der Waals surface area (Å²) in [6.07, 6.45) is 3.69. The van der Waals surface area contributed by atoms with Crippen LogP contribution in [0.15, 0.2) is 30.3 Å². The van der Waals surface area contributed by atoms with E-state index in [2.05, 4.69) is 17.1 Å².